The third kappa shape index (κ3) is 3.65. The van der Waals surface area contributed by atoms with Crippen LogP contribution in [0, 0.1) is 0 Å². The zero-order valence-electron chi connectivity index (χ0n) is 12.5. The average molecular weight is 342 g/mol. The van der Waals surface area contributed by atoms with Crippen molar-refractivity contribution < 1.29 is 49.2 Å². The van der Waals surface area contributed by atoms with Gasteiger partial charge in [-0.25, -0.2) is 4.39 Å². The molecule has 4 unspecified atom stereocenters. The van der Waals surface area contributed by atoms with E-state index in [1.807, 2.05) is 0 Å². The molecular weight excluding hydrogens is 319 g/mol. The van der Waals surface area contributed by atoms with Crippen LogP contribution < -0.4 is 0 Å². The Labute approximate surface area is 131 Å². The first-order valence-electron chi connectivity index (χ1n) is 7.43. The molecule has 0 bridgehead atoms. The summed E-state index contributed by atoms with van der Waals surface area (Å²) in [6.45, 7) is 0.998. The number of alkyl halides is 1. The number of halogens is 1. The summed E-state index contributed by atoms with van der Waals surface area (Å²) in [7, 11) is 0. The van der Waals surface area contributed by atoms with Crippen LogP contribution in [0.4, 0.5) is 4.39 Å². The molecule has 10 atom stereocenters. The number of rotatable bonds is 4. The summed E-state index contributed by atoms with van der Waals surface area (Å²) in [5.74, 6) is 0. The molecule has 2 aliphatic heterocycles. The summed E-state index contributed by atoms with van der Waals surface area (Å²) in [5.41, 5.74) is 0. The van der Waals surface area contributed by atoms with Crippen molar-refractivity contribution in [2.75, 3.05) is 6.61 Å². The number of aliphatic hydroxyl groups excluding tert-OH is 6. The maximum atomic E-state index is 14.1. The van der Waals surface area contributed by atoms with Crippen molar-refractivity contribution in [2.24, 2.45) is 0 Å². The van der Waals surface area contributed by atoms with Gasteiger partial charge in [-0.2, -0.15) is 0 Å². The Morgan fingerprint density at radius 2 is 1.39 bits per heavy atom. The first-order valence-corrected chi connectivity index (χ1v) is 7.43. The summed E-state index contributed by atoms with van der Waals surface area (Å²) in [6.07, 6.45) is -15.3. The smallest absolute Gasteiger partial charge is 0.195 e. The molecule has 0 aromatic heterocycles. The molecule has 2 fully saturated rings. The van der Waals surface area contributed by atoms with Crippen LogP contribution in [0.1, 0.15) is 13.3 Å². The van der Waals surface area contributed by atoms with Crippen molar-refractivity contribution in [2.45, 2.75) is 74.8 Å². The van der Waals surface area contributed by atoms with Gasteiger partial charge in [0.1, 0.15) is 36.6 Å². The molecule has 0 aliphatic carbocycles. The van der Waals surface area contributed by atoms with Crippen molar-refractivity contribution in [3.05, 3.63) is 0 Å². The van der Waals surface area contributed by atoms with Crippen LogP contribution in [-0.2, 0) is 14.2 Å². The molecule has 9 nitrogen and oxygen atoms in total. The number of ether oxygens (including phenoxy) is 3. The van der Waals surface area contributed by atoms with Crippen LogP contribution in [-0.4, -0.2) is 98.7 Å². The van der Waals surface area contributed by atoms with Crippen LogP contribution in [0.3, 0.4) is 0 Å². The Balaban J connectivity index is 2.07. The monoisotopic (exact) mass is 342 g/mol. The van der Waals surface area contributed by atoms with E-state index in [1.54, 1.807) is 6.92 Å². The highest BCUT2D eigenvalue weighted by Crippen LogP contribution is 2.30. The Hall–Kier alpha value is -0.430. The molecule has 2 aliphatic rings. The van der Waals surface area contributed by atoms with E-state index >= 15 is 0 Å². The molecule has 0 radical (unpaired) electrons. The lowest BCUT2D eigenvalue weighted by molar-refractivity contribution is -0.369. The van der Waals surface area contributed by atoms with Crippen LogP contribution in [0.25, 0.3) is 0 Å². The molecule has 10 heteroatoms. The van der Waals surface area contributed by atoms with Gasteiger partial charge in [-0.3, -0.25) is 0 Å². The van der Waals surface area contributed by atoms with Gasteiger partial charge in [0, 0.05) is 0 Å². The standard InChI is InChI=1S/C13H23FO9/c1-2-4-7(16)9(18)6(14)12(21-4)23-13-11(20)10(19)8(17)5(3-15)22-13/h4-13,15-20H,2-3H2,1H3/t4?,5-,6?,7-,8-,9-,10?,11?,12-,13-/m1/s1. The summed E-state index contributed by atoms with van der Waals surface area (Å²) < 4.78 is 29.5. The quantitative estimate of drug-likeness (QED) is 0.314. The van der Waals surface area contributed by atoms with Crippen molar-refractivity contribution in [3.63, 3.8) is 0 Å². The van der Waals surface area contributed by atoms with Crippen LogP contribution >= 0.6 is 0 Å². The van der Waals surface area contributed by atoms with E-state index in [-0.39, 0.29) is 6.42 Å². The summed E-state index contributed by atoms with van der Waals surface area (Å²) in [6, 6.07) is 0. The van der Waals surface area contributed by atoms with Gasteiger partial charge in [0.25, 0.3) is 0 Å². The Morgan fingerprint density at radius 3 is 1.96 bits per heavy atom. The van der Waals surface area contributed by atoms with Gasteiger partial charge < -0.3 is 44.8 Å². The second-order valence-corrected chi connectivity index (χ2v) is 5.71. The van der Waals surface area contributed by atoms with Crippen LogP contribution in [0.5, 0.6) is 0 Å². The number of aliphatic hydroxyl groups is 6. The molecule has 0 spiro atoms. The molecule has 0 amide bonds. The lowest BCUT2D eigenvalue weighted by atomic mass is 9.97. The van der Waals surface area contributed by atoms with E-state index in [2.05, 4.69) is 0 Å². The van der Waals surface area contributed by atoms with Crippen molar-refractivity contribution in [3.8, 4) is 0 Å². The Kier molecular flexibility index (Phi) is 6.28. The van der Waals surface area contributed by atoms with E-state index in [4.69, 9.17) is 19.3 Å². The number of hydrogen-bond acceptors (Lipinski definition) is 9. The second-order valence-electron chi connectivity index (χ2n) is 5.71. The SMILES string of the molecule is CCC1O[C@H](O[C@H]2O[C@H](CO)[C@@H](O)C(O)C2O)C(F)[C@@H](O)[C@@H]1O. The summed E-state index contributed by atoms with van der Waals surface area (Å²) in [4.78, 5) is 0. The molecule has 6 N–H and O–H groups in total. The zero-order chi connectivity index (χ0) is 17.3. The second kappa shape index (κ2) is 7.64. The minimum Gasteiger partial charge on any atom is -0.394 e. The van der Waals surface area contributed by atoms with E-state index in [1.165, 1.54) is 0 Å². The van der Waals surface area contributed by atoms with E-state index in [9.17, 15) is 29.9 Å². The fourth-order valence-electron chi connectivity index (χ4n) is 2.65. The third-order valence-electron chi connectivity index (χ3n) is 4.15. The molecule has 0 saturated carbocycles. The minimum atomic E-state index is -2.11. The van der Waals surface area contributed by atoms with Gasteiger partial charge in [-0.1, -0.05) is 6.92 Å². The molecule has 2 rings (SSSR count). The van der Waals surface area contributed by atoms with Gasteiger partial charge in [-0.05, 0) is 6.42 Å². The molecule has 0 aromatic carbocycles. The van der Waals surface area contributed by atoms with Crippen molar-refractivity contribution in [1.82, 2.24) is 0 Å². The summed E-state index contributed by atoms with van der Waals surface area (Å²) in [5, 5.41) is 57.6. The van der Waals surface area contributed by atoms with Gasteiger partial charge in [-0.15, -0.1) is 0 Å². The van der Waals surface area contributed by atoms with Gasteiger partial charge in [0.2, 0.25) is 0 Å². The maximum absolute atomic E-state index is 14.1. The highest BCUT2D eigenvalue weighted by Gasteiger charge is 2.49. The van der Waals surface area contributed by atoms with Crippen LogP contribution in [0.15, 0.2) is 0 Å². The van der Waals surface area contributed by atoms with Crippen LogP contribution in [0.2, 0.25) is 0 Å². The molecule has 23 heavy (non-hydrogen) atoms. The molecule has 0 aromatic rings. The summed E-state index contributed by atoms with van der Waals surface area (Å²) >= 11 is 0. The fourth-order valence-corrected chi connectivity index (χ4v) is 2.65. The van der Waals surface area contributed by atoms with E-state index in [0.29, 0.717) is 0 Å². The first-order chi connectivity index (χ1) is 10.8. The predicted molar refractivity (Wildman–Crippen MR) is 70.7 cm³/mol. The van der Waals surface area contributed by atoms with E-state index < -0.39 is 68.1 Å². The number of hydrogen-bond donors (Lipinski definition) is 6. The van der Waals surface area contributed by atoms with Crippen molar-refractivity contribution in [1.29, 1.82) is 0 Å². The van der Waals surface area contributed by atoms with Gasteiger partial charge in [0.15, 0.2) is 18.8 Å². The first kappa shape index (κ1) is 18.9. The van der Waals surface area contributed by atoms with Gasteiger partial charge >= 0.3 is 0 Å². The largest absolute Gasteiger partial charge is 0.394 e. The topological polar surface area (TPSA) is 149 Å². The molecule has 2 heterocycles. The highest BCUT2D eigenvalue weighted by atomic mass is 19.1. The lowest BCUT2D eigenvalue weighted by Gasteiger charge is -2.44. The fraction of sp³-hybridized carbons (Fsp3) is 1.00. The van der Waals surface area contributed by atoms with Gasteiger partial charge in [0.05, 0.1) is 12.7 Å². The highest BCUT2D eigenvalue weighted by molar-refractivity contribution is 4.92. The molecule has 136 valence electrons. The van der Waals surface area contributed by atoms with E-state index in [0.717, 1.165) is 0 Å². The zero-order valence-corrected chi connectivity index (χ0v) is 12.5. The molecule has 2 saturated heterocycles. The molecular formula is C13H23FO9. The minimum absolute atomic E-state index is 0.277. The van der Waals surface area contributed by atoms with Crippen molar-refractivity contribution >= 4 is 0 Å². The predicted octanol–water partition coefficient (Wildman–Crippen LogP) is -3.00. The maximum Gasteiger partial charge on any atom is 0.195 e. The normalized spacial score (nSPS) is 51.7. The average Bonchev–Trinajstić information content (AvgIpc) is 2.55. The Bertz CT molecular complexity index is 348. The Morgan fingerprint density at radius 1 is 0.826 bits per heavy atom. The lowest BCUT2D eigenvalue weighted by Crippen LogP contribution is -2.62. The third-order valence-corrected chi connectivity index (χ3v) is 4.15.